The fourth-order valence-electron chi connectivity index (χ4n) is 2.60. The molecule has 126 valence electrons. The highest BCUT2D eigenvalue weighted by Gasteiger charge is 2.21. The minimum atomic E-state index is -0.373. The van der Waals surface area contributed by atoms with Crippen molar-refractivity contribution in [2.45, 2.75) is 32.6 Å². The van der Waals surface area contributed by atoms with Crippen LogP contribution in [0.5, 0.6) is 0 Å². The van der Waals surface area contributed by atoms with Crippen LogP contribution in [0.4, 0.5) is 5.69 Å². The molecule has 4 nitrogen and oxygen atoms in total. The van der Waals surface area contributed by atoms with Crippen LogP contribution in [-0.2, 0) is 20.7 Å². The van der Waals surface area contributed by atoms with Gasteiger partial charge < -0.3 is 10.1 Å². The number of amides is 1. The zero-order chi connectivity index (χ0) is 17.4. The molecule has 0 fully saturated rings. The maximum absolute atomic E-state index is 12.3. The second-order valence-corrected chi connectivity index (χ2v) is 5.54. The predicted molar refractivity (Wildman–Crippen MR) is 94.9 cm³/mol. The molecule has 2 aromatic rings. The number of para-hydroxylation sites is 1. The lowest BCUT2D eigenvalue weighted by atomic mass is 9.97. The first-order valence-corrected chi connectivity index (χ1v) is 8.25. The number of rotatable bonds is 7. The Balaban J connectivity index is 1.92. The van der Waals surface area contributed by atoms with E-state index >= 15 is 0 Å². The largest absolute Gasteiger partial charge is 0.455 e. The number of benzene rings is 2. The van der Waals surface area contributed by atoms with Crippen LogP contribution in [0.3, 0.4) is 0 Å². The number of nitrogens with one attached hydrogen (secondary N) is 1. The third kappa shape index (κ3) is 4.69. The highest BCUT2D eigenvalue weighted by atomic mass is 16.5. The summed E-state index contributed by atoms with van der Waals surface area (Å²) >= 11 is 0. The van der Waals surface area contributed by atoms with Gasteiger partial charge in [-0.15, -0.1) is 0 Å². The molecule has 0 aliphatic rings. The van der Waals surface area contributed by atoms with Gasteiger partial charge in [-0.1, -0.05) is 62.4 Å². The Kier molecular flexibility index (Phi) is 6.55. The van der Waals surface area contributed by atoms with E-state index in [1.54, 1.807) is 0 Å². The smallest absolute Gasteiger partial charge is 0.313 e. The van der Waals surface area contributed by atoms with Crippen molar-refractivity contribution in [3.05, 3.63) is 65.7 Å². The van der Waals surface area contributed by atoms with Crippen LogP contribution in [0, 0.1) is 0 Å². The molecule has 0 saturated carbocycles. The summed E-state index contributed by atoms with van der Waals surface area (Å²) in [5.74, 6) is -1.04. The first-order valence-electron chi connectivity index (χ1n) is 8.25. The summed E-state index contributed by atoms with van der Waals surface area (Å²) in [5, 5.41) is 2.80. The summed E-state index contributed by atoms with van der Waals surface area (Å²) in [6.07, 6.45) is 1.45. The molecule has 24 heavy (non-hydrogen) atoms. The van der Waals surface area contributed by atoms with Crippen molar-refractivity contribution in [1.29, 1.82) is 0 Å². The van der Waals surface area contributed by atoms with Gasteiger partial charge in [-0.2, -0.15) is 0 Å². The van der Waals surface area contributed by atoms with Crippen molar-refractivity contribution in [3.63, 3.8) is 0 Å². The molecule has 0 unspecified atom stereocenters. The van der Waals surface area contributed by atoms with Crippen LogP contribution in [0.15, 0.2) is 54.6 Å². The lowest BCUT2D eigenvalue weighted by Crippen LogP contribution is -2.24. The minimum absolute atomic E-state index is 0.278. The molecule has 0 aliphatic heterocycles. The zero-order valence-corrected chi connectivity index (χ0v) is 14.1. The molecule has 0 aromatic heterocycles. The second-order valence-electron chi connectivity index (χ2n) is 5.54. The Hall–Kier alpha value is -2.62. The van der Waals surface area contributed by atoms with Crippen molar-refractivity contribution in [3.8, 4) is 0 Å². The topological polar surface area (TPSA) is 55.4 Å². The summed E-state index contributed by atoms with van der Waals surface area (Å²) < 4.78 is 5.21. The molecule has 1 atom stereocenters. The van der Waals surface area contributed by atoms with Crippen molar-refractivity contribution in [2.24, 2.45) is 0 Å². The molecule has 0 aliphatic carbocycles. The average Bonchev–Trinajstić information content (AvgIpc) is 2.62. The normalized spacial score (nSPS) is 11.6. The van der Waals surface area contributed by atoms with Crippen molar-refractivity contribution in [2.75, 3.05) is 11.9 Å². The fourth-order valence-corrected chi connectivity index (χ4v) is 2.60. The summed E-state index contributed by atoms with van der Waals surface area (Å²) in [4.78, 5) is 24.3. The van der Waals surface area contributed by atoms with E-state index in [1.807, 2.05) is 68.4 Å². The molecular weight excluding hydrogens is 302 g/mol. The van der Waals surface area contributed by atoms with E-state index < -0.39 is 0 Å². The molecule has 0 radical (unpaired) electrons. The third-order valence-corrected chi connectivity index (χ3v) is 3.91. The minimum Gasteiger partial charge on any atom is -0.455 e. The predicted octanol–water partition coefficient (Wildman–Crippen LogP) is 3.92. The van der Waals surface area contributed by atoms with Crippen LogP contribution in [0.25, 0.3) is 0 Å². The Labute approximate surface area is 142 Å². The maximum Gasteiger partial charge on any atom is 0.313 e. The molecule has 1 amide bonds. The second kappa shape index (κ2) is 8.87. The zero-order valence-electron chi connectivity index (χ0n) is 14.1. The van der Waals surface area contributed by atoms with E-state index in [4.69, 9.17) is 4.74 Å². The van der Waals surface area contributed by atoms with Gasteiger partial charge in [-0.25, -0.2) is 0 Å². The van der Waals surface area contributed by atoms with E-state index in [-0.39, 0.29) is 24.4 Å². The highest BCUT2D eigenvalue weighted by Crippen LogP contribution is 2.21. The number of hydrogen-bond acceptors (Lipinski definition) is 3. The van der Waals surface area contributed by atoms with E-state index in [0.717, 1.165) is 23.2 Å². The number of hydrogen-bond donors (Lipinski definition) is 1. The third-order valence-electron chi connectivity index (χ3n) is 3.91. The first kappa shape index (κ1) is 17.7. The van der Waals surface area contributed by atoms with Crippen molar-refractivity contribution >= 4 is 17.6 Å². The van der Waals surface area contributed by atoms with Crippen LogP contribution >= 0.6 is 0 Å². The van der Waals surface area contributed by atoms with Crippen LogP contribution in [0.2, 0.25) is 0 Å². The maximum atomic E-state index is 12.3. The number of anilines is 1. The van der Waals surface area contributed by atoms with Crippen molar-refractivity contribution in [1.82, 2.24) is 0 Å². The molecule has 0 heterocycles. The van der Waals surface area contributed by atoms with E-state index in [2.05, 4.69) is 5.32 Å². The first-order chi connectivity index (χ1) is 11.7. The Morgan fingerprint density at radius 3 is 2.33 bits per heavy atom. The van der Waals surface area contributed by atoms with Crippen molar-refractivity contribution < 1.29 is 14.3 Å². The van der Waals surface area contributed by atoms with Gasteiger partial charge >= 0.3 is 5.97 Å². The number of ether oxygens (including phenoxy) is 1. The van der Waals surface area contributed by atoms with E-state index in [0.29, 0.717) is 6.42 Å². The van der Waals surface area contributed by atoms with Gasteiger partial charge in [0.25, 0.3) is 5.91 Å². The van der Waals surface area contributed by atoms with E-state index in [9.17, 15) is 9.59 Å². The molecule has 4 heteroatoms. The summed E-state index contributed by atoms with van der Waals surface area (Å²) in [7, 11) is 0. The molecule has 0 bridgehead atoms. The quantitative estimate of drug-likeness (QED) is 0.785. The summed E-state index contributed by atoms with van der Waals surface area (Å²) in [6, 6.07) is 17.1. The highest BCUT2D eigenvalue weighted by molar-refractivity contribution is 5.93. The summed E-state index contributed by atoms with van der Waals surface area (Å²) in [5.41, 5.74) is 2.71. The van der Waals surface area contributed by atoms with Gasteiger partial charge in [0.2, 0.25) is 0 Å². The Bertz CT molecular complexity index is 682. The number of carbonyl (C=O) groups excluding carboxylic acids is 2. The standard InChI is InChI=1S/C20H23NO3/c1-3-15-10-8-9-13-18(15)21-19(22)14-24-20(23)17(4-2)16-11-6-5-7-12-16/h5-13,17H,3-4,14H2,1-2H3,(H,21,22)/t17-/m1/s1. The average molecular weight is 325 g/mol. The lowest BCUT2D eigenvalue weighted by molar-refractivity contribution is -0.149. The van der Waals surface area contributed by atoms with Gasteiger partial charge in [0.15, 0.2) is 6.61 Å². The van der Waals surface area contributed by atoms with Crippen LogP contribution in [0.1, 0.15) is 37.3 Å². The molecule has 0 spiro atoms. The molecule has 0 saturated heterocycles. The molecular formula is C20H23NO3. The molecule has 2 rings (SSSR count). The Morgan fingerprint density at radius 2 is 1.67 bits per heavy atom. The van der Waals surface area contributed by atoms with E-state index in [1.165, 1.54) is 0 Å². The Morgan fingerprint density at radius 1 is 1.00 bits per heavy atom. The summed E-state index contributed by atoms with van der Waals surface area (Å²) in [6.45, 7) is 3.67. The van der Waals surface area contributed by atoms with Gasteiger partial charge in [-0.3, -0.25) is 9.59 Å². The molecule has 1 N–H and O–H groups in total. The van der Waals surface area contributed by atoms with Gasteiger partial charge in [-0.05, 0) is 30.0 Å². The number of esters is 1. The molecule has 2 aromatic carbocycles. The van der Waals surface area contributed by atoms with Gasteiger partial charge in [0.05, 0.1) is 5.92 Å². The monoisotopic (exact) mass is 325 g/mol. The van der Waals surface area contributed by atoms with Crippen LogP contribution in [-0.4, -0.2) is 18.5 Å². The van der Waals surface area contributed by atoms with Gasteiger partial charge in [0, 0.05) is 5.69 Å². The number of aryl methyl sites for hydroxylation is 1. The SMILES string of the molecule is CCc1ccccc1NC(=O)COC(=O)[C@H](CC)c1ccccc1. The fraction of sp³-hybridized carbons (Fsp3) is 0.300. The lowest BCUT2D eigenvalue weighted by Gasteiger charge is -2.15. The number of carbonyl (C=O) groups is 2. The van der Waals surface area contributed by atoms with Crippen LogP contribution < -0.4 is 5.32 Å². The van der Waals surface area contributed by atoms with Gasteiger partial charge in [0.1, 0.15) is 0 Å².